The van der Waals surface area contributed by atoms with E-state index >= 15 is 0 Å². The van der Waals surface area contributed by atoms with Crippen molar-refractivity contribution in [2.75, 3.05) is 20.8 Å². The molecule has 1 N–H and O–H groups in total. The van der Waals surface area contributed by atoms with Gasteiger partial charge in [0, 0.05) is 12.6 Å². The van der Waals surface area contributed by atoms with E-state index in [1.165, 1.54) is 0 Å². The smallest absolute Gasteiger partial charge is 0.248 e. The number of hydrogen-bond donors (Lipinski definition) is 1. The lowest BCUT2D eigenvalue weighted by molar-refractivity contribution is -0.135. The minimum Gasteiger partial charge on any atom is -0.497 e. The topological polar surface area (TPSA) is 87.5 Å². The molecule has 1 aromatic heterocycles. The normalized spacial score (nSPS) is 19.2. The predicted molar refractivity (Wildman–Crippen MR) is 89.5 cm³/mol. The molecule has 2 aromatic rings. The zero-order valence-electron chi connectivity index (χ0n) is 14.8. The van der Waals surface area contributed by atoms with E-state index in [0.717, 1.165) is 5.56 Å². The average molecular weight is 346 g/mol. The molecule has 0 saturated carbocycles. The second kappa shape index (κ2) is 6.72. The fourth-order valence-corrected chi connectivity index (χ4v) is 3.06. The van der Waals surface area contributed by atoms with Gasteiger partial charge >= 0.3 is 0 Å². The summed E-state index contributed by atoms with van der Waals surface area (Å²) in [5.41, 5.74) is -0.00464. The zero-order chi connectivity index (χ0) is 18.0. The van der Waals surface area contributed by atoms with Crippen LogP contribution in [0.3, 0.4) is 0 Å². The molecule has 1 unspecified atom stereocenters. The molecule has 1 aromatic carbocycles. The lowest BCUT2D eigenvalue weighted by Gasteiger charge is -2.34. The summed E-state index contributed by atoms with van der Waals surface area (Å²) in [7, 11) is 3.18. The standard InChI is InChI=1S/C17H22N4O4/c1-11-19-20-15-9-25-10-17(2,21(11)15)16(22)18-8-12-5-13(23-3)7-14(6-12)24-4/h5-7H,8-10H2,1-4H3,(H,18,22). The molecular weight excluding hydrogens is 324 g/mol. The van der Waals surface area contributed by atoms with Crippen LogP contribution >= 0.6 is 0 Å². The van der Waals surface area contributed by atoms with Crippen molar-refractivity contribution in [1.82, 2.24) is 20.1 Å². The van der Waals surface area contributed by atoms with Crippen LogP contribution in [0.1, 0.15) is 24.1 Å². The summed E-state index contributed by atoms with van der Waals surface area (Å²) >= 11 is 0. The molecule has 0 aliphatic carbocycles. The van der Waals surface area contributed by atoms with Gasteiger partial charge in [-0.3, -0.25) is 9.36 Å². The maximum atomic E-state index is 12.9. The number of nitrogens with one attached hydrogen (secondary N) is 1. The largest absolute Gasteiger partial charge is 0.497 e. The van der Waals surface area contributed by atoms with Gasteiger partial charge in [0.2, 0.25) is 5.91 Å². The van der Waals surface area contributed by atoms with Crippen molar-refractivity contribution >= 4 is 5.91 Å². The molecule has 1 aliphatic rings. The number of nitrogens with zero attached hydrogens (tertiary/aromatic N) is 3. The summed E-state index contributed by atoms with van der Waals surface area (Å²) in [6.07, 6.45) is 0. The molecule has 0 fully saturated rings. The fourth-order valence-electron chi connectivity index (χ4n) is 3.06. The highest BCUT2D eigenvalue weighted by Crippen LogP contribution is 2.27. The number of aryl methyl sites for hydroxylation is 1. The maximum absolute atomic E-state index is 12.9. The maximum Gasteiger partial charge on any atom is 0.248 e. The Morgan fingerprint density at radius 1 is 1.28 bits per heavy atom. The molecule has 134 valence electrons. The van der Waals surface area contributed by atoms with Crippen molar-refractivity contribution in [3.8, 4) is 11.5 Å². The van der Waals surface area contributed by atoms with Crippen molar-refractivity contribution < 1.29 is 19.0 Å². The third-order valence-corrected chi connectivity index (χ3v) is 4.35. The summed E-state index contributed by atoms with van der Waals surface area (Å²) in [6, 6.07) is 5.50. The van der Waals surface area contributed by atoms with Crippen LogP contribution < -0.4 is 14.8 Å². The van der Waals surface area contributed by atoms with E-state index in [0.29, 0.717) is 36.3 Å². The molecule has 0 spiro atoms. The Labute approximate surface area is 146 Å². The van der Waals surface area contributed by atoms with Crippen LogP contribution in [0.2, 0.25) is 0 Å². The van der Waals surface area contributed by atoms with E-state index in [1.807, 2.05) is 30.5 Å². The molecule has 25 heavy (non-hydrogen) atoms. The van der Waals surface area contributed by atoms with Gasteiger partial charge < -0.3 is 19.5 Å². The van der Waals surface area contributed by atoms with Gasteiger partial charge in [-0.05, 0) is 31.5 Å². The van der Waals surface area contributed by atoms with Crippen LogP contribution in [0, 0.1) is 6.92 Å². The second-order valence-corrected chi connectivity index (χ2v) is 6.17. The Balaban J connectivity index is 1.78. The Bertz CT molecular complexity index is 767. The molecular formula is C17H22N4O4. The van der Waals surface area contributed by atoms with Gasteiger partial charge in [-0.2, -0.15) is 0 Å². The summed E-state index contributed by atoms with van der Waals surface area (Å²) in [5, 5.41) is 11.1. The fraction of sp³-hybridized carbons (Fsp3) is 0.471. The van der Waals surface area contributed by atoms with Crippen molar-refractivity contribution in [1.29, 1.82) is 0 Å². The third kappa shape index (κ3) is 3.17. The van der Waals surface area contributed by atoms with Gasteiger partial charge in [-0.15, -0.1) is 10.2 Å². The van der Waals surface area contributed by atoms with Crippen molar-refractivity contribution in [2.45, 2.75) is 32.5 Å². The van der Waals surface area contributed by atoms with Crippen LogP contribution in [-0.4, -0.2) is 41.5 Å². The minimum atomic E-state index is -0.885. The molecule has 1 aliphatic heterocycles. The van der Waals surface area contributed by atoms with Crippen LogP contribution in [-0.2, 0) is 28.2 Å². The first kappa shape index (κ1) is 17.2. The number of carbonyl (C=O) groups is 1. The number of carbonyl (C=O) groups excluding carboxylic acids is 1. The first-order valence-electron chi connectivity index (χ1n) is 7.97. The van der Waals surface area contributed by atoms with E-state index in [2.05, 4.69) is 15.5 Å². The molecule has 8 heteroatoms. The number of rotatable bonds is 5. The molecule has 0 saturated heterocycles. The molecule has 2 heterocycles. The molecule has 0 radical (unpaired) electrons. The second-order valence-electron chi connectivity index (χ2n) is 6.17. The Hall–Kier alpha value is -2.61. The number of hydrogen-bond acceptors (Lipinski definition) is 6. The van der Waals surface area contributed by atoms with Gasteiger partial charge in [-0.1, -0.05) is 0 Å². The first-order valence-corrected chi connectivity index (χ1v) is 7.97. The summed E-state index contributed by atoms with van der Waals surface area (Å²) < 4.78 is 17.9. The lowest BCUT2D eigenvalue weighted by Crippen LogP contribution is -2.52. The molecule has 0 bridgehead atoms. The van der Waals surface area contributed by atoms with Crippen LogP contribution in [0.15, 0.2) is 18.2 Å². The lowest BCUT2D eigenvalue weighted by atomic mass is 10.00. The van der Waals surface area contributed by atoms with E-state index in [1.54, 1.807) is 20.3 Å². The zero-order valence-corrected chi connectivity index (χ0v) is 14.8. The first-order chi connectivity index (χ1) is 12.0. The van der Waals surface area contributed by atoms with Crippen molar-refractivity contribution in [2.24, 2.45) is 0 Å². The Morgan fingerprint density at radius 2 is 1.96 bits per heavy atom. The number of aromatic nitrogens is 3. The highest BCUT2D eigenvalue weighted by atomic mass is 16.5. The SMILES string of the molecule is COc1cc(CNC(=O)C2(C)COCc3nnc(C)n32)cc(OC)c1. The van der Waals surface area contributed by atoms with Gasteiger partial charge in [0.15, 0.2) is 5.82 Å². The molecule has 1 atom stereocenters. The molecule has 3 rings (SSSR count). The highest BCUT2D eigenvalue weighted by Gasteiger charge is 2.41. The summed E-state index contributed by atoms with van der Waals surface area (Å²) in [4.78, 5) is 12.9. The van der Waals surface area contributed by atoms with E-state index in [9.17, 15) is 4.79 Å². The van der Waals surface area contributed by atoms with Crippen LogP contribution in [0.4, 0.5) is 0 Å². The number of benzene rings is 1. The van der Waals surface area contributed by atoms with E-state index in [4.69, 9.17) is 14.2 Å². The number of amides is 1. The van der Waals surface area contributed by atoms with Crippen LogP contribution in [0.5, 0.6) is 11.5 Å². The minimum absolute atomic E-state index is 0.155. The van der Waals surface area contributed by atoms with Gasteiger partial charge in [0.1, 0.15) is 29.5 Å². The van der Waals surface area contributed by atoms with Gasteiger partial charge in [0.05, 0.1) is 20.8 Å². The van der Waals surface area contributed by atoms with Crippen molar-refractivity contribution in [3.63, 3.8) is 0 Å². The van der Waals surface area contributed by atoms with E-state index < -0.39 is 5.54 Å². The summed E-state index contributed by atoms with van der Waals surface area (Å²) in [6.45, 7) is 4.63. The Kier molecular flexibility index (Phi) is 4.63. The number of methoxy groups -OCH3 is 2. The third-order valence-electron chi connectivity index (χ3n) is 4.35. The average Bonchev–Trinajstić information content (AvgIpc) is 3.01. The van der Waals surface area contributed by atoms with Gasteiger partial charge in [0.25, 0.3) is 0 Å². The molecule has 1 amide bonds. The molecule has 8 nitrogen and oxygen atoms in total. The number of fused-ring (bicyclic) bond motifs is 1. The van der Waals surface area contributed by atoms with E-state index in [-0.39, 0.29) is 12.5 Å². The quantitative estimate of drug-likeness (QED) is 0.874. The number of ether oxygens (including phenoxy) is 3. The predicted octanol–water partition coefficient (Wildman–Crippen LogP) is 1.17. The summed E-state index contributed by atoms with van der Waals surface area (Å²) in [5.74, 6) is 2.54. The van der Waals surface area contributed by atoms with Gasteiger partial charge in [-0.25, -0.2) is 0 Å². The Morgan fingerprint density at radius 3 is 2.60 bits per heavy atom. The monoisotopic (exact) mass is 346 g/mol. The van der Waals surface area contributed by atoms with Crippen LogP contribution in [0.25, 0.3) is 0 Å². The highest BCUT2D eigenvalue weighted by molar-refractivity contribution is 5.84. The van der Waals surface area contributed by atoms with Crippen molar-refractivity contribution in [3.05, 3.63) is 35.4 Å².